The third-order valence-corrected chi connectivity index (χ3v) is 3.77. The van der Waals surface area contributed by atoms with Gasteiger partial charge in [-0.1, -0.05) is 0 Å². The number of H-pyrrole nitrogens is 1. The zero-order valence-electron chi connectivity index (χ0n) is 11.7. The summed E-state index contributed by atoms with van der Waals surface area (Å²) in [6.07, 6.45) is 1.55. The van der Waals surface area contributed by atoms with E-state index in [0.717, 1.165) is 22.5 Å². The highest BCUT2D eigenvalue weighted by Gasteiger charge is 2.29. The van der Waals surface area contributed by atoms with Gasteiger partial charge in [-0.3, -0.25) is 4.79 Å². The first-order valence-electron chi connectivity index (χ1n) is 6.02. The summed E-state index contributed by atoms with van der Waals surface area (Å²) in [5.41, 5.74) is 5.40. The Morgan fingerprint density at radius 2 is 1.74 bits per heavy atom. The Hall–Kier alpha value is -2.17. The summed E-state index contributed by atoms with van der Waals surface area (Å²) in [7, 11) is 1.20. The molecule has 5 heteroatoms. The number of Topliss-reactive ketones (excluding diaryl/α,β-unsaturated/α-hetero) is 1. The molecule has 0 aromatic carbocycles. The molecule has 0 bridgehead atoms. The predicted octanol–water partition coefficient (Wildman–Crippen LogP) is 1.34. The molecule has 0 saturated carbocycles. The number of imidazole rings is 1. The fraction of sp³-hybridized carbons (Fsp3) is 0.357. The highest BCUT2D eigenvalue weighted by atomic mass is 16.5. The number of aromatic amines is 1. The van der Waals surface area contributed by atoms with E-state index < -0.39 is 11.8 Å². The Bertz CT molecular complexity index is 699. The second kappa shape index (κ2) is 4.50. The number of fused-ring (bicyclic) bond motifs is 1. The molecule has 2 heterocycles. The van der Waals surface area contributed by atoms with Gasteiger partial charge in [0.1, 0.15) is 11.9 Å². The standard InChI is InChI=1S/C14H16N2O3/c1-7-8(2)10(4)16-11(12(17)14(18)19-5)6-15-13(16)9(7)3/h6H,1-5H3/p+1. The van der Waals surface area contributed by atoms with Crippen LogP contribution in [-0.4, -0.2) is 23.8 Å². The molecular formula is C14H17N2O3+. The first-order chi connectivity index (χ1) is 8.90. The third-order valence-electron chi connectivity index (χ3n) is 3.77. The number of nitrogens with zero attached hydrogens (tertiary/aromatic N) is 1. The highest BCUT2D eigenvalue weighted by molar-refractivity contribution is 6.39. The number of esters is 1. The Balaban J connectivity index is 2.80. The molecular weight excluding hydrogens is 244 g/mol. The van der Waals surface area contributed by atoms with Gasteiger partial charge in [-0.15, -0.1) is 0 Å². The van der Waals surface area contributed by atoms with E-state index in [9.17, 15) is 9.59 Å². The molecule has 0 unspecified atom stereocenters. The number of aryl methyl sites for hydroxylation is 2. The second-order valence-corrected chi connectivity index (χ2v) is 4.64. The van der Waals surface area contributed by atoms with Crippen molar-refractivity contribution >= 4 is 17.4 Å². The van der Waals surface area contributed by atoms with Crippen molar-refractivity contribution in [1.29, 1.82) is 0 Å². The number of pyridine rings is 1. The summed E-state index contributed by atoms with van der Waals surface area (Å²) in [5, 5.41) is 0. The van der Waals surface area contributed by atoms with E-state index in [-0.39, 0.29) is 0 Å². The Morgan fingerprint density at radius 1 is 1.11 bits per heavy atom. The predicted molar refractivity (Wildman–Crippen MR) is 69.2 cm³/mol. The van der Waals surface area contributed by atoms with E-state index in [2.05, 4.69) is 9.72 Å². The Labute approximate surface area is 111 Å². The average Bonchev–Trinajstić information content (AvgIpc) is 2.85. The first kappa shape index (κ1) is 13.3. The van der Waals surface area contributed by atoms with E-state index >= 15 is 0 Å². The summed E-state index contributed by atoms with van der Waals surface area (Å²) in [6.45, 7) is 7.96. The van der Waals surface area contributed by atoms with Gasteiger partial charge in [0, 0.05) is 5.56 Å². The van der Waals surface area contributed by atoms with Crippen molar-refractivity contribution in [2.24, 2.45) is 0 Å². The van der Waals surface area contributed by atoms with E-state index in [1.807, 2.05) is 27.7 Å². The monoisotopic (exact) mass is 261 g/mol. The van der Waals surface area contributed by atoms with Crippen LogP contribution in [0.3, 0.4) is 0 Å². The van der Waals surface area contributed by atoms with Gasteiger partial charge in [0.25, 0.3) is 5.65 Å². The fourth-order valence-corrected chi connectivity index (χ4v) is 2.27. The molecule has 100 valence electrons. The van der Waals surface area contributed by atoms with Crippen LogP contribution in [-0.2, 0) is 9.53 Å². The van der Waals surface area contributed by atoms with Gasteiger partial charge in [-0.25, -0.2) is 9.78 Å². The SMILES string of the molecule is COC(=O)C(=O)c1c[nH]c2c(C)c(C)c(C)c(C)[n+]12. The maximum absolute atomic E-state index is 12.0. The van der Waals surface area contributed by atoms with E-state index in [0.29, 0.717) is 5.69 Å². The van der Waals surface area contributed by atoms with Crippen molar-refractivity contribution in [1.82, 2.24) is 4.98 Å². The van der Waals surface area contributed by atoms with Crippen LogP contribution in [0.4, 0.5) is 0 Å². The maximum atomic E-state index is 12.0. The fourth-order valence-electron chi connectivity index (χ4n) is 2.27. The third kappa shape index (κ3) is 1.82. The number of nitrogens with one attached hydrogen (secondary N) is 1. The lowest BCUT2D eigenvalue weighted by atomic mass is 10.0. The second-order valence-electron chi connectivity index (χ2n) is 4.64. The molecule has 1 N–H and O–H groups in total. The van der Waals surface area contributed by atoms with Crippen molar-refractivity contribution in [2.45, 2.75) is 27.7 Å². The molecule has 5 nitrogen and oxygen atoms in total. The van der Waals surface area contributed by atoms with Crippen molar-refractivity contribution in [2.75, 3.05) is 7.11 Å². The van der Waals surface area contributed by atoms with Gasteiger partial charge >= 0.3 is 11.8 Å². The molecule has 0 fully saturated rings. The molecule has 2 aromatic rings. The number of hydrogen-bond donors (Lipinski definition) is 1. The molecule has 0 saturated heterocycles. The van der Waals surface area contributed by atoms with Gasteiger partial charge in [0.15, 0.2) is 0 Å². The topological polar surface area (TPSA) is 63.3 Å². The van der Waals surface area contributed by atoms with E-state index in [1.165, 1.54) is 12.7 Å². The molecule has 0 aliphatic carbocycles. The van der Waals surface area contributed by atoms with Crippen LogP contribution in [0.2, 0.25) is 0 Å². The van der Waals surface area contributed by atoms with Gasteiger partial charge in [0.2, 0.25) is 5.69 Å². The summed E-state index contributed by atoms with van der Waals surface area (Å²) in [6, 6.07) is 0. The van der Waals surface area contributed by atoms with Gasteiger partial charge in [-0.2, -0.15) is 4.40 Å². The van der Waals surface area contributed by atoms with Gasteiger partial charge in [0.05, 0.1) is 7.11 Å². The molecule has 0 radical (unpaired) electrons. The summed E-state index contributed by atoms with van der Waals surface area (Å²) < 4.78 is 6.27. The summed E-state index contributed by atoms with van der Waals surface area (Å²) >= 11 is 0. The quantitative estimate of drug-likeness (QED) is 0.384. The average molecular weight is 261 g/mol. The van der Waals surface area contributed by atoms with Crippen LogP contribution in [0, 0.1) is 27.7 Å². The normalized spacial score (nSPS) is 10.8. The maximum Gasteiger partial charge on any atom is 0.383 e. The minimum Gasteiger partial charge on any atom is -0.463 e. The number of methoxy groups -OCH3 is 1. The lowest BCUT2D eigenvalue weighted by Crippen LogP contribution is -2.35. The van der Waals surface area contributed by atoms with E-state index in [1.54, 1.807) is 10.6 Å². The lowest BCUT2D eigenvalue weighted by Gasteiger charge is -2.07. The number of hydrogen-bond acceptors (Lipinski definition) is 3. The van der Waals surface area contributed by atoms with Crippen LogP contribution >= 0.6 is 0 Å². The molecule has 0 aliphatic rings. The van der Waals surface area contributed by atoms with Crippen molar-refractivity contribution in [3.63, 3.8) is 0 Å². The molecule has 19 heavy (non-hydrogen) atoms. The van der Waals surface area contributed by atoms with Crippen molar-refractivity contribution < 1.29 is 18.7 Å². The van der Waals surface area contributed by atoms with Crippen LogP contribution in [0.15, 0.2) is 6.20 Å². The zero-order valence-corrected chi connectivity index (χ0v) is 11.7. The van der Waals surface area contributed by atoms with Crippen LogP contribution in [0.5, 0.6) is 0 Å². The van der Waals surface area contributed by atoms with Crippen LogP contribution in [0.1, 0.15) is 32.9 Å². The molecule has 0 amide bonds. The Kier molecular flexibility index (Phi) is 3.14. The summed E-state index contributed by atoms with van der Waals surface area (Å²) in [5.74, 6) is -1.51. The van der Waals surface area contributed by atoms with Gasteiger partial charge in [-0.05, 0) is 38.8 Å². The largest absolute Gasteiger partial charge is 0.463 e. The highest BCUT2D eigenvalue weighted by Crippen LogP contribution is 2.17. The Morgan fingerprint density at radius 3 is 2.32 bits per heavy atom. The van der Waals surface area contributed by atoms with Crippen LogP contribution in [0.25, 0.3) is 5.65 Å². The lowest BCUT2D eigenvalue weighted by molar-refractivity contribution is -0.521. The minimum absolute atomic E-state index is 0.297. The van der Waals surface area contributed by atoms with Gasteiger partial charge < -0.3 is 4.74 Å². The molecule has 2 aromatic heterocycles. The number of aromatic nitrogens is 2. The molecule has 0 spiro atoms. The van der Waals surface area contributed by atoms with E-state index in [4.69, 9.17) is 0 Å². The first-order valence-corrected chi connectivity index (χ1v) is 6.02. The summed E-state index contributed by atoms with van der Waals surface area (Å²) in [4.78, 5) is 26.5. The molecule has 0 aliphatic heterocycles. The van der Waals surface area contributed by atoms with Crippen molar-refractivity contribution in [3.8, 4) is 0 Å². The molecule has 0 atom stereocenters. The zero-order chi connectivity index (χ0) is 14.3. The minimum atomic E-state index is -0.858. The van der Waals surface area contributed by atoms with Crippen LogP contribution < -0.4 is 4.40 Å². The number of carbonyl (C=O) groups excluding carboxylic acids is 2. The number of rotatable bonds is 2. The number of carbonyl (C=O) groups is 2. The molecule has 2 rings (SSSR count). The number of ether oxygens (including phenoxy) is 1. The smallest absolute Gasteiger partial charge is 0.383 e. The van der Waals surface area contributed by atoms with Crippen molar-refractivity contribution in [3.05, 3.63) is 34.3 Å². The number of ketones is 1.